The molecule has 1 fully saturated rings. The molecule has 0 bridgehead atoms. The van der Waals surface area contributed by atoms with E-state index in [1.807, 2.05) is 13.8 Å². The highest BCUT2D eigenvalue weighted by Gasteiger charge is 2.20. The molecule has 1 saturated heterocycles. The van der Waals surface area contributed by atoms with Crippen molar-refractivity contribution in [2.24, 2.45) is 0 Å². The molecule has 1 aliphatic heterocycles. The maximum absolute atomic E-state index is 12.1. The summed E-state index contributed by atoms with van der Waals surface area (Å²) in [5.74, 6) is 1.40. The van der Waals surface area contributed by atoms with Crippen LogP contribution in [0.15, 0.2) is 45.7 Å². The number of piperidine rings is 1. The molecule has 7 heteroatoms. The number of hydrogen-bond donors (Lipinski definition) is 2. The summed E-state index contributed by atoms with van der Waals surface area (Å²) in [6.45, 7) is 6.90. The number of anilines is 1. The third-order valence-corrected chi connectivity index (χ3v) is 5.78. The third-order valence-electron chi connectivity index (χ3n) is 5.78. The summed E-state index contributed by atoms with van der Waals surface area (Å²) in [5, 5.41) is 7.43. The van der Waals surface area contributed by atoms with E-state index < -0.39 is 0 Å². The number of nitrogens with one attached hydrogen (secondary N) is 2. The number of benzene rings is 1. The van der Waals surface area contributed by atoms with Crippen LogP contribution in [0.25, 0.3) is 0 Å². The van der Waals surface area contributed by atoms with Crippen LogP contribution in [0.1, 0.15) is 41.1 Å². The maximum atomic E-state index is 12.1. The minimum atomic E-state index is -0.122. The summed E-state index contributed by atoms with van der Waals surface area (Å²) in [6.07, 6.45) is 3.49. The molecule has 0 aliphatic carbocycles. The normalized spacial score (nSPS) is 15.4. The van der Waals surface area contributed by atoms with E-state index in [9.17, 15) is 4.79 Å². The average molecular weight is 408 g/mol. The zero-order valence-corrected chi connectivity index (χ0v) is 17.6. The number of likely N-dealkylation sites (tertiary alicyclic amines) is 1. The lowest BCUT2D eigenvalue weighted by Crippen LogP contribution is -2.39. The number of rotatable bonds is 7. The van der Waals surface area contributed by atoms with Crippen LogP contribution in [0.3, 0.4) is 0 Å². The predicted molar refractivity (Wildman–Crippen MR) is 117 cm³/mol. The van der Waals surface area contributed by atoms with Crippen molar-refractivity contribution >= 4 is 5.95 Å². The Morgan fingerprint density at radius 3 is 2.63 bits per heavy atom. The van der Waals surface area contributed by atoms with E-state index >= 15 is 0 Å². The number of aromatic amines is 1. The molecule has 0 atom stereocenters. The standard InChI is InChI=1S/C23H29N5O2/c1-16-21(17(2)30-27-16)9-8-20-14-22(29)26-23(25-20)24-19-10-12-28(13-11-19)15-18-6-4-3-5-7-18/h3-7,14,19H,8-13,15H2,1-2H3,(H2,24,25,26,29). The van der Waals surface area contributed by atoms with E-state index in [1.165, 1.54) is 5.56 Å². The highest BCUT2D eigenvalue weighted by molar-refractivity contribution is 5.28. The van der Waals surface area contributed by atoms with Gasteiger partial charge in [-0.25, -0.2) is 4.98 Å². The predicted octanol–water partition coefficient (Wildman–Crippen LogP) is 3.24. The minimum absolute atomic E-state index is 0.122. The summed E-state index contributed by atoms with van der Waals surface area (Å²) in [6, 6.07) is 12.5. The molecule has 4 rings (SSSR count). The van der Waals surface area contributed by atoms with Crippen LogP contribution in [-0.4, -0.2) is 39.2 Å². The zero-order valence-electron chi connectivity index (χ0n) is 17.6. The molecule has 3 heterocycles. The Bertz CT molecular complexity index is 1000. The van der Waals surface area contributed by atoms with Crippen molar-refractivity contribution in [2.45, 2.75) is 52.1 Å². The van der Waals surface area contributed by atoms with Gasteiger partial charge in [-0.05, 0) is 45.1 Å². The van der Waals surface area contributed by atoms with Gasteiger partial charge in [0.15, 0.2) is 0 Å². The van der Waals surface area contributed by atoms with Crippen LogP contribution < -0.4 is 10.9 Å². The molecule has 0 amide bonds. The largest absolute Gasteiger partial charge is 0.361 e. The summed E-state index contributed by atoms with van der Waals surface area (Å²) in [4.78, 5) is 22.1. The summed E-state index contributed by atoms with van der Waals surface area (Å²) in [5.41, 5.74) is 4.00. The Morgan fingerprint density at radius 2 is 1.93 bits per heavy atom. The van der Waals surface area contributed by atoms with E-state index in [4.69, 9.17) is 4.52 Å². The number of aryl methyl sites for hydroxylation is 3. The molecule has 1 aliphatic rings. The molecule has 1 aromatic carbocycles. The van der Waals surface area contributed by atoms with Crippen LogP contribution in [0.5, 0.6) is 0 Å². The second-order valence-corrected chi connectivity index (χ2v) is 8.07. The maximum Gasteiger partial charge on any atom is 0.252 e. The molecule has 0 unspecified atom stereocenters. The van der Waals surface area contributed by atoms with Gasteiger partial charge in [0.05, 0.1) is 11.4 Å². The minimum Gasteiger partial charge on any atom is -0.361 e. The van der Waals surface area contributed by atoms with Crippen LogP contribution in [0, 0.1) is 13.8 Å². The van der Waals surface area contributed by atoms with Crippen molar-refractivity contribution in [3.8, 4) is 0 Å². The topological polar surface area (TPSA) is 87.0 Å². The lowest BCUT2D eigenvalue weighted by Gasteiger charge is -2.32. The van der Waals surface area contributed by atoms with Gasteiger partial charge >= 0.3 is 0 Å². The number of nitrogens with zero attached hydrogens (tertiary/aromatic N) is 3. The molecule has 0 saturated carbocycles. The summed E-state index contributed by atoms with van der Waals surface area (Å²) in [7, 11) is 0. The van der Waals surface area contributed by atoms with E-state index in [0.29, 0.717) is 18.4 Å². The highest BCUT2D eigenvalue weighted by Crippen LogP contribution is 2.17. The van der Waals surface area contributed by atoms with E-state index in [-0.39, 0.29) is 5.56 Å². The van der Waals surface area contributed by atoms with Crippen LogP contribution in [-0.2, 0) is 19.4 Å². The summed E-state index contributed by atoms with van der Waals surface area (Å²) >= 11 is 0. The van der Waals surface area contributed by atoms with Crippen molar-refractivity contribution in [3.63, 3.8) is 0 Å². The fraction of sp³-hybridized carbons (Fsp3) is 0.435. The first-order valence-electron chi connectivity index (χ1n) is 10.6. The van der Waals surface area contributed by atoms with Crippen molar-refractivity contribution < 1.29 is 4.52 Å². The van der Waals surface area contributed by atoms with Gasteiger partial charge in [0.2, 0.25) is 5.95 Å². The van der Waals surface area contributed by atoms with Crippen molar-refractivity contribution in [3.05, 3.63) is 75.0 Å². The fourth-order valence-electron chi connectivity index (χ4n) is 4.09. The molecule has 0 spiro atoms. The van der Waals surface area contributed by atoms with Crippen molar-refractivity contribution in [2.75, 3.05) is 18.4 Å². The summed E-state index contributed by atoms with van der Waals surface area (Å²) < 4.78 is 5.22. The Morgan fingerprint density at radius 1 is 1.17 bits per heavy atom. The second-order valence-electron chi connectivity index (χ2n) is 8.07. The Hall–Kier alpha value is -2.93. The highest BCUT2D eigenvalue weighted by atomic mass is 16.5. The molecule has 158 valence electrons. The molecule has 7 nitrogen and oxygen atoms in total. The van der Waals surface area contributed by atoms with Crippen molar-refractivity contribution in [1.29, 1.82) is 0 Å². The van der Waals surface area contributed by atoms with E-state index in [2.05, 4.69) is 55.7 Å². The molecule has 0 radical (unpaired) electrons. The lowest BCUT2D eigenvalue weighted by atomic mass is 10.0. The van der Waals surface area contributed by atoms with Gasteiger partial charge in [0.1, 0.15) is 5.76 Å². The fourth-order valence-corrected chi connectivity index (χ4v) is 4.09. The molecule has 30 heavy (non-hydrogen) atoms. The van der Waals surface area contributed by atoms with Gasteiger partial charge in [-0.2, -0.15) is 0 Å². The SMILES string of the molecule is Cc1noc(C)c1CCc1cc(=O)[nH]c(NC2CCN(Cc3ccccc3)CC2)n1. The first-order chi connectivity index (χ1) is 14.6. The van der Waals surface area contributed by atoms with Gasteiger partial charge in [0.25, 0.3) is 5.56 Å². The lowest BCUT2D eigenvalue weighted by molar-refractivity contribution is 0.211. The third kappa shape index (κ3) is 5.16. The quantitative estimate of drug-likeness (QED) is 0.625. The van der Waals surface area contributed by atoms with E-state index in [1.54, 1.807) is 6.07 Å². The van der Waals surface area contributed by atoms with Gasteiger partial charge < -0.3 is 9.84 Å². The number of hydrogen-bond acceptors (Lipinski definition) is 6. The van der Waals surface area contributed by atoms with Crippen LogP contribution >= 0.6 is 0 Å². The Balaban J connectivity index is 1.32. The molecule has 3 aromatic rings. The van der Waals surface area contributed by atoms with Gasteiger partial charge in [-0.3, -0.25) is 14.7 Å². The molecular formula is C23H29N5O2. The van der Waals surface area contributed by atoms with Crippen LogP contribution in [0.2, 0.25) is 0 Å². The smallest absolute Gasteiger partial charge is 0.252 e. The molecular weight excluding hydrogens is 378 g/mol. The number of aromatic nitrogens is 3. The van der Waals surface area contributed by atoms with Gasteiger partial charge in [-0.15, -0.1) is 0 Å². The van der Waals surface area contributed by atoms with Gasteiger partial charge in [-0.1, -0.05) is 35.5 Å². The van der Waals surface area contributed by atoms with Crippen molar-refractivity contribution in [1.82, 2.24) is 20.0 Å². The second kappa shape index (κ2) is 9.26. The Kier molecular flexibility index (Phi) is 6.28. The first-order valence-corrected chi connectivity index (χ1v) is 10.6. The molecule has 2 aromatic heterocycles. The number of H-pyrrole nitrogens is 1. The first kappa shape index (κ1) is 20.3. The van der Waals surface area contributed by atoms with Crippen LogP contribution in [0.4, 0.5) is 5.95 Å². The zero-order chi connectivity index (χ0) is 20.9. The van der Waals surface area contributed by atoms with Gasteiger partial charge in [0, 0.05) is 37.3 Å². The average Bonchev–Trinajstić information content (AvgIpc) is 3.06. The Labute approximate surface area is 176 Å². The monoisotopic (exact) mass is 407 g/mol. The molecule has 2 N–H and O–H groups in total. The van der Waals surface area contributed by atoms with E-state index in [0.717, 1.165) is 61.6 Å².